The number of para-hydroxylation sites is 1. The van der Waals surface area contributed by atoms with Gasteiger partial charge in [-0.15, -0.1) is 0 Å². The number of carbonyl (C=O) groups excluding carboxylic acids is 2. The molecule has 2 aliphatic rings. The molecule has 0 N–H and O–H groups in total. The highest BCUT2D eigenvalue weighted by Gasteiger charge is 2.32. The molecule has 1 fully saturated rings. The van der Waals surface area contributed by atoms with E-state index in [4.69, 9.17) is 9.47 Å². The van der Waals surface area contributed by atoms with Crippen LogP contribution in [0.25, 0.3) is 0 Å². The van der Waals surface area contributed by atoms with Gasteiger partial charge in [0, 0.05) is 36.2 Å². The Kier molecular flexibility index (Phi) is 6.05. The number of hydrogen-bond acceptors (Lipinski definition) is 7. The van der Waals surface area contributed by atoms with Crippen molar-refractivity contribution in [3.8, 4) is 11.6 Å². The third-order valence-corrected chi connectivity index (χ3v) is 8.30. The predicted molar refractivity (Wildman–Crippen MR) is 114 cm³/mol. The normalized spacial score (nSPS) is 23.6. The summed E-state index contributed by atoms with van der Waals surface area (Å²) in [6, 6.07) is 9.10. The van der Waals surface area contributed by atoms with Crippen molar-refractivity contribution in [1.82, 2.24) is 9.27 Å². The largest absolute Gasteiger partial charge is 0.493 e. The highest BCUT2D eigenvalue weighted by atomic mass is 32.2. The third-order valence-electron chi connectivity index (χ3n) is 5.30. The van der Waals surface area contributed by atoms with E-state index in [1.54, 1.807) is 4.90 Å². The first-order chi connectivity index (χ1) is 14.5. The molecule has 0 aliphatic carbocycles. The topological polar surface area (TPSA) is 98.2 Å². The summed E-state index contributed by atoms with van der Waals surface area (Å²) in [5.74, 6) is 0.789. The molecule has 0 radical (unpaired) electrons. The fraction of sp³-hybridized carbons (Fsp3) is 0.450. The van der Waals surface area contributed by atoms with Crippen LogP contribution in [-0.2, 0) is 14.5 Å². The van der Waals surface area contributed by atoms with Crippen molar-refractivity contribution < 1.29 is 23.3 Å². The Balaban J connectivity index is 1.48. The van der Waals surface area contributed by atoms with Gasteiger partial charge in [0.2, 0.25) is 11.8 Å². The zero-order valence-electron chi connectivity index (χ0n) is 16.6. The van der Waals surface area contributed by atoms with Crippen LogP contribution < -0.4 is 9.47 Å². The molecule has 2 atom stereocenters. The lowest BCUT2D eigenvalue weighted by Gasteiger charge is -2.30. The minimum atomic E-state index is -2.73. The molecule has 8 nitrogen and oxygen atoms in total. The lowest BCUT2D eigenvalue weighted by atomic mass is 9.91. The fourth-order valence-electron chi connectivity index (χ4n) is 3.73. The van der Waals surface area contributed by atoms with Gasteiger partial charge in [0.05, 0.1) is 29.4 Å². The number of ether oxygens (including phenoxy) is 2. The monoisotopic (exact) mass is 449 g/mol. The molecule has 2 unspecified atom stereocenters. The SMILES string of the molecule is COc1cc(C(=O)N=S2(=O)CCCN(C(=O)C3CCOc4ccccc43)CC2)sn1. The van der Waals surface area contributed by atoms with E-state index in [2.05, 4.69) is 8.74 Å². The van der Waals surface area contributed by atoms with Crippen LogP contribution in [0.4, 0.5) is 0 Å². The number of aromatic nitrogens is 1. The molecule has 160 valence electrons. The molecule has 4 rings (SSSR count). The minimum Gasteiger partial charge on any atom is -0.493 e. The quantitative estimate of drug-likeness (QED) is 0.714. The summed E-state index contributed by atoms with van der Waals surface area (Å²) in [6.07, 6.45) is 1.16. The Morgan fingerprint density at radius 2 is 2.13 bits per heavy atom. The molecule has 0 bridgehead atoms. The molecule has 1 saturated heterocycles. The van der Waals surface area contributed by atoms with Crippen LogP contribution in [0, 0.1) is 0 Å². The van der Waals surface area contributed by atoms with Gasteiger partial charge in [-0.25, -0.2) is 4.21 Å². The summed E-state index contributed by atoms with van der Waals surface area (Å²) in [5.41, 5.74) is 0.901. The van der Waals surface area contributed by atoms with Gasteiger partial charge >= 0.3 is 0 Å². The van der Waals surface area contributed by atoms with Crippen LogP contribution in [0.1, 0.15) is 34.0 Å². The Labute approximate surface area is 179 Å². The van der Waals surface area contributed by atoms with E-state index >= 15 is 0 Å². The van der Waals surface area contributed by atoms with E-state index < -0.39 is 15.6 Å². The number of rotatable bonds is 3. The second kappa shape index (κ2) is 8.73. The van der Waals surface area contributed by atoms with E-state index in [1.165, 1.54) is 13.2 Å². The lowest BCUT2D eigenvalue weighted by Crippen LogP contribution is -2.38. The van der Waals surface area contributed by atoms with E-state index in [1.807, 2.05) is 24.3 Å². The molecule has 0 saturated carbocycles. The zero-order valence-corrected chi connectivity index (χ0v) is 18.2. The summed E-state index contributed by atoms with van der Waals surface area (Å²) in [6.45, 7) is 1.33. The van der Waals surface area contributed by atoms with Crippen LogP contribution in [0.15, 0.2) is 34.7 Å². The maximum Gasteiger partial charge on any atom is 0.296 e. The Morgan fingerprint density at radius 3 is 2.93 bits per heavy atom. The van der Waals surface area contributed by atoms with Gasteiger partial charge in [0.15, 0.2) is 0 Å². The Morgan fingerprint density at radius 1 is 1.30 bits per heavy atom. The standard InChI is InChI=1S/C20H23N3O5S2/c1-27-18-13-17(29-21-18)19(24)22-30(26)11-4-8-23(9-12-30)20(25)15-7-10-28-16-6-3-2-5-14(15)16/h2-3,5-6,13,15H,4,7-12H2,1H3. The highest BCUT2D eigenvalue weighted by molar-refractivity contribution is 7.93. The predicted octanol–water partition coefficient (Wildman–Crippen LogP) is 2.56. The van der Waals surface area contributed by atoms with Crippen LogP contribution in [0.5, 0.6) is 11.6 Å². The van der Waals surface area contributed by atoms with Gasteiger partial charge in [-0.2, -0.15) is 8.74 Å². The van der Waals surface area contributed by atoms with Gasteiger partial charge in [-0.1, -0.05) is 18.2 Å². The van der Waals surface area contributed by atoms with Crippen molar-refractivity contribution in [2.75, 3.05) is 38.3 Å². The van der Waals surface area contributed by atoms with Gasteiger partial charge in [0.25, 0.3) is 5.91 Å². The van der Waals surface area contributed by atoms with Crippen molar-refractivity contribution >= 4 is 33.1 Å². The van der Waals surface area contributed by atoms with E-state index in [0.717, 1.165) is 22.8 Å². The van der Waals surface area contributed by atoms with E-state index in [-0.39, 0.29) is 17.6 Å². The molecule has 2 amide bonds. The number of carbonyl (C=O) groups is 2. The van der Waals surface area contributed by atoms with Gasteiger partial charge in [-0.05, 0) is 30.4 Å². The van der Waals surface area contributed by atoms with Crippen LogP contribution >= 0.6 is 11.5 Å². The molecule has 2 aliphatic heterocycles. The molecular weight excluding hydrogens is 426 g/mol. The Hall–Kier alpha value is -2.46. The first-order valence-corrected chi connectivity index (χ1v) is 12.4. The molecule has 1 aromatic heterocycles. The van der Waals surface area contributed by atoms with Crippen molar-refractivity contribution in [1.29, 1.82) is 0 Å². The highest BCUT2D eigenvalue weighted by Crippen LogP contribution is 2.34. The van der Waals surface area contributed by atoms with E-state index in [0.29, 0.717) is 49.0 Å². The number of nitrogens with zero attached hydrogens (tertiary/aromatic N) is 3. The van der Waals surface area contributed by atoms with Crippen LogP contribution in [0.2, 0.25) is 0 Å². The average molecular weight is 450 g/mol. The number of amides is 2. The zero-order chi connectivity index (χ0) is 21.1. The molecule has 2 aromatic rings. The smallest absolute Gasteiger partial charge is 0.296 e. The van der Waals surface area contributed by atoms with Gasteiger partial charge in [0.1, 0.15) is 10.6 Å². The molecule has 10 heteroatoms. The van der Waals surface area contributed by atoms with Crippen molar-refractivity contribution in [2.24, 2.45) is 4.36 Å². The second-order valence-corrected chi connectivity index (χ2v) is 10.6. The van der Waals surface area contributed by atoms with Gasteiger partial charge < -0.3 is 14.4 Å². The number of benzene rings is 1. The summed E-state index contributed by atoms with van der Waals surface area (Å²) in [7, 11) is -1.27. The number of fused-ring (bicyclic) bond motifs is 1. The summed E-state index contributed by atoms with van der Waals surface area (Å²) in [5, 5.41) is 0. The average Bonchev–Trinajstić information content (AvgIpc) is 3.17. The van der Waals surface area contributed by atoms with Crippen molar-refractivity contribution in [2.45, 2.75) is 18.8 Å². The van der Waals surface area contributed by atoms with Crippen molar-refractivity contribution in [3.63, 3.8) is 0 Å². The summed E-state index contributed by atoms with van der Waals surface area (Å²) in [4.78, 5) is 27.7. The molecule has 3 heterocycles. The molecule has 0 spiro atoms. The third kappa shape index (κ3) is 4.34. The summed E-state index contributed by atoms with van der Waals surface area (Å²) >= 11 is 0.972. The maximum atomic E-state index is 13.2. The first-order valence-electron chi connectivity index (χ1n) is 9.77. The number of methoxy groups -OCH3 is 1. The first kappa shape index (κ1) is 20.8. The second-order valence-electron chi connectivity index (χ2n) is 7.22. The summed E-state index contributed by atoms with van der Waals surface area (Å²) < 4.78 is 31.9. The molecule has 1 aromatic carbocycles. The molecular formula is C20H23N3O5S2. The van der Waals surface area contributed by atoms with Crippen molar-refractivity contribution in [3.05, 3.63) is 40.8 Å². The fourth-order valence-corrected chi connectivity index (χ4v) is 6.25. The minimum absolute atomic E-state index is 0.0212. The number of hydrogen-bond donors (Lipinski definition) is 0. The van der Waals surface area contributed by atoms with E-state index in [9.17, 15) is 13.8 Å². The lowest BCUT2D eigenvalue weighted by molar-refractivity contribution is -0.133. The molecule has 30 heavy (non-hydrogen) atoms. The van der Waals surface area contributed by atoms with Gasteiger partial charge in [-0.3, -0.25) is 9.59 Å². The van der Waals surface area contributed by atoms with Crippen LogP contribution in [-0.4, -0.2) is 63.6 Å². The Bertz CT molecular complexity index is 1070. The van der Waals surface area contributed by atoms with Crippen LogP contribution in [0.3, 0.4) is 0 Å². The maximum absolute atomic E-state index is 13.2.